The van der Waals surface area contributed by atoms with Gasteiger partial charge in [0, 0.05) is 38.6 Å². The van der Waals surface area contributed by atoms with Crippen molar-refractivity contribution in [3.8, 4) is 6.07 Å². The number of nitrogens with zero attached hydrogens (tertiary/aromatic N) is 3. The Morgan fingerprint density at radius 2 is 1.95 bits per heavy atom. The molecule has 0 saturated carbocycles. The number of anilines is 1. The number of hydrogen-bond acceptors (Lipinski definition) is 3. The smallest absolute Gasteiger partial charge is 0.101 e. The van der Waals surface area contributed by atoms with Gasteiger partial charge in [-0.1, -0.05) is 19.9 Å². The van der Waals surface area contributed by atoms with Crippen LogP contribution < -0.4 is 4.90 Å². The molecule has 1 heterocycles. The highest BCUT2D eigenvalue weighted by molar-refractivity contribution is 6.17. The van der Waals surface area contributed by atoms with Crippen molar-refractivity contribution < 1.29 is 0 Å². The summed E-state index contributed by atoms with van der Waals surface area (Å²) in [5, 5.41) is 9.31. The van der Waals surface area contributed by atoms with E-state index < -0.39 is 0 Å². The second kappa shape index (κ2) is 6.97. The van der Waals surface area contributed by atoms with Crippen molar-refractivity contribution in [3.05, 3.63) is 29.3 Å². The third-order valence-electron chi connectivity index (χ3n) is 3.67. The molecule has 108 valence electrons. The average molecular weight is 292 g/mol. The minimum Gasteiger partial charge on any atom is -0.368 e. The van der Waals surface area contributed by atoms with Crippen LogP contribution in [-0.4, -0.2) is 37.6 Å². The van der Waals surface area contributed by atoms with Crippen LogP contribution in [0.3, 0.4) is 0 Å². The summed E-state index contributed by atoms with van der Waals surface area (Å²) < 4.78 is 0. The molecule has 1 aliphatic heterocycles. The van der Waals surface area contributed by atoms with Crippen molar-refractivity contribution >= 4 is 17.3 Å². The molecular formula is C16H22ClN3. The van der Waals surface area contributed by atoms with Crippen LogP contribution in [-0.2, 0) is 5.88 Å². The molecule has 0 N–H and O–H groups in total. The number of alkyl halides is 1. The first-order valence-corrected chi connectivity index (χ1v) is 7.73. The fourth-order valence-corrected chi connectivity index (χ4v) is 2.89. The molecule has 1 aromatic rings. The van der Waals surface area contributed by atoms with Crippen molar-refractivity contribution in [2.75, 3.05) is 37.6 Å². The summed E-state index contributed by atoms with van der Waals surface area (Å²) in [5.41, 5.74) is 2.79. The largest absolute Gasteiger partial charge is 0.368 e. The molecule has 1 saturated heterocycles. The topological polar surface area (TPSA) is 30.3 Å². The van der Waals surface area contributed by atoms with Crippen LogP contribution in [0, 0.1) is 17.2 Å². The molecule has 1 aromatic carbocycles. The van der Waals surface area contributed by atoms with E-state index in [-0.39, 0.29) is 0 Å². The van der Waals surface area contributed by atoms with Crippen molar-refractivity contribution in [1.82, 2.24) is 4.90 Å². The van der Waals surface area contributed by atoms with Gasteiger partial charge in [0.1, 0.15) is 6.07 Å². The van der Waals surface area contributed by atoms with Gasteiger partial charge in [-0.2, -0.15) is 5.26 Å². The molecule has 20 heavy (non-hydrogen) atoms. The zero-order valence-electron chi connectivity index (χ0n) is 12.3. The van der Waals surface area contributed by atoms with E-state index >= 15 is 0 Å². The van der Waals surface area contributed by atoms with Gasteiger partial charge in [0.25, 0.3) is 0 Å². The fourth-order valence-electron chi connectivity index (χ4n) is 2.72. The van der Waals surface area contributed by atoms with Crippen LogP contribution >= 0.6 is 11.6 Å². The maximum Gasteiger partial charge on any atom is 0.101 e. The Labute approximate surface area is 126 Å². The Morgan fingerprint density at radius 3 is 2.50 bits per heavy atom. The lowest BCUT2D eigenvalue weighted by atomic mass is 10.1. The van der Waals surface area contributed by atoms with Gasteiger partial charge in [0.2, 0.25) is 0 Å². The normalized spacial score (nSPS) is 16.4. The Morgan fingerprint density at radius 1 is 1.25 bits per heavy atom. The number of halogens is 1. The quantitative estimate of drug-likeness (QED) is 0.799. The van der Waals surface area contributed by atoms with Crippen LogP contribution in [0.2, 0.25) is 0 Å². The van der Waals surface area contributed by atoms with Crippen LogP contribution in [0.5, 0.6) is 0 Å². The van der Waals surface area contributed by atoms with Crippen molar-refractivity contribution in [2.24, 2.45) is 5.92 Å². The summed E-state index contributed by atoms with van der Waals surface area (Å²) in [6, 6.07) is 8.26. The zero-order chi connectivity index (χ0) is 14.5. The molecule has 0 aliphatic carbocycles. The van der Waals surface area contributed by atoms with Crippen LogP contribution in [0.15, 0.2) is 18.2 Å². The van der Waals surface area contributed by atoms with Gasteiger partial charge in [0.05, 0.1) is 11.3 Å². The van der Waals surface area contributed by atoms with Gasteiger partial charge in [-0.25, -0.2) is 0 Å². The molecule has 2 rings (SSSR count). The fraction of sp³-hybridized carbons (Fsp3) is 0.562. The van der Waals surface area contributed by atoms with Crippen LogP contribution in [0.1, 0.15) is 25.0 Å². The molecule has 0 bridgehead atoms. The van der Waals surface area contributed by atoms with Gasteiger partial charge in [-0.3, -0.25) is 4.90 Å². The predicted octanol–water partition coefficient (Wildman–Crippen LogP) is 3.08. The second-order valence-corrected chi connectivity index (χ2v) is 6.05. The van der Waals surface area contributed by atoms with E-state index in [4.69, 9.17) is 11.6 Å². The third kappa shape index (κ3) is 3.65. The van der Waals surface area contributed by atoms with Gasteiger partial charge in [-0.05, 0) is 23.6 Å². The number of nitriles is 1. The number of hydrogen-bond donors (Lipinski definition) is 0. The minimum absolute atomic E-state index is 0.455. The van der Waals surface area contributed by atoms with Crippen LogP contribution in [0.25, 0.3) is 0 Å². The highest BCUT2D eigenvalue weighted by Gasteiger charge is 2.19. The molecule has 0 amide bonds. The van der Waals surface area contributed by atoms with Gasteiger partial charge >= 0.3 is 0 Å². The summed E-state index contributed by atoms with van der Waals surface area (Å²) in [4.78, 5) is 4.81. The van der Waals surface area contributed by atoms with E-state index in [9.17, 15) is 5.26 Å². The van der Waals surface area contributed by atoms with E-state index in [2.05, 4.69) is 29.7 Å². The summed E-state index contributed by atoms with van der Waals surface area (Å²) in [6.45, 7) is 9.78. The Balaban J connectivity index is 2.05. The van der Waals surface area contributed by atoms with Gasteiger partial charge in [-0.15, -0.1) is 11.6 Å². The van der Waals surface area contributed by atoms with Crippen LogP contribution in [0.4, 0.5) is 5.69 Å². The molecular weight excluding hydrogens is 270 g/mol. The number of piperazine rings is 1. The van der Waals surface area contributed by atoms with Crippen molar-refractivity contribution in [3.63, 3.8) is 0 Å². The lowest BCUT2D eigenvalue weighted by Crippen LogP contribution is -2.47. The van der Waals surface area contributed by atoms with E-state index in [0.717, 1.165) is 49.5 Å². The first-order chi connectivity index (χ1) is 9.63. The lowest BCUT2D eigenvalue weighted by Gasteiger charge is -2.37. The minimum atomic E-state index is 0.455. The van der Waals surface area contributed by atoms with Gasteiger partial charge < -0.3 is 4.90 Å². The van der Waals surface area contributed by atoms with E-state index in [1.165, 1.54) is 0 Å². The molecule has 0 radical (unpaired) electrons. The first-order valence-electron chi connectivity index (χ1n) is 7.20. The molecule has 0 spiro atoms. The molecule has 1 aliphatic rings. The Hall–Kier alpha value is -1.24. The van der Waals surface area contributed by atoms with Crippen molar-refractivity contribution in [1.29, 1.82) is 5.26 Å². The molecule has 0 unspecified atom stereocenters. The average Bonchev–Trinajstić information content (AvgIpc) is 2.47. The SMILES string of the molecule is CC(C)CN1CCN(c2ccc(CCl)cc2C#N)CC1. The predicted molar refractivity (Wildman–Crippen MR) is 84.2 cm³/mol. The molecule has 4 heteroatoms. The summed E-state index contributed by atoms with van der Waals surface area (Å²) in [5.74, 6) is 1.16. The second-order valence-electron chi connectivity index (χ2n) is 5.78. The lowest BCUT2D eigenvalue weighted by molar-refractivity contribution is 0.231. The summed E-state index contributed by atoms with van der Waals surface area (Å²) in [6.07, 6.45) is 0. The molecule has 0 atom stereocenters. The number of benzene rings is 1. The zero-order valence-corrected chi connectivity index (χ0v) is 13.0. The highest BCUT2D eigenvalue weighted by atomic mass is 35.5. The highest BCUT2D eigenvalue weighted by Crippen LogP contribution is 2.23. The maximum atomic E-state index is 9.31. The van der Waals surface area contributed by atoms with Crippen molar-refractivity contribution in [2.45, 2.75) is 19.7 Å². The molecule has 3 nitrogen and oxygen atoms in total. The summed E-state index contributed by atoms with van der Waals surface area (Å²) >= 11 is 5.83. The third-order valence-corrected chi connectivity index (χ3v) is 3.98. The monoisotopic (exact) mass is 291 g/mol. The Bertz CT molecular complexity index is 485. The standard InChI is InChI=1S/C16H22ClN3/c1-13(2)12-19-5-7-20(8-6-19)16-4-3-14(10-17)9-15(16)11-18/h3-4,9,13H,5-8,10,12H2,1-2H3. The number of rotatable bonds is 4. The van der Waals surface area contributed by atoms with E-state index in [1.54, 1.807) is 0 Å². The van der Waals surface area contributed by atoms with E-state index in [1.807, 2.05) is 18.2 Å². The summed E-state index contributed by atoms with van der Waals surface area (Å²) in [7, 11) is 0. The maximum absolute atomic E-state index is 9.31. The van der Waals surface area contributed by atoms with Gasteiger partial charge in [0.15, 0.2) is 0 Å². The molecule has 1 fully saturated rings. The Kier molecular flexibility index (Phi) is 5.28. The first kappa shape index (κ1) is 15.2. The molecule has 0 aromatic heterocycles. The van der Waals surface area contributed by atoms with E-state index in [0.29, 0.717) is 11.8 Å².